The van der Waals surface area contributed by atoms with E-state index in [0.717, 1.165) is 4.90 Å². The molecule has 1 radical (unpaired) electrons. The van der Waals surface area contributed by atoms with E-state index in [1.807, 2.05) is 0 Å². The number of ether oxygens (including phenoxy) is 1. The monoisotopic (exact) mass is 292 g/mol. The summed E-state index contributed by atoms with van der Waals surface area (Å²) in [7, 11) is 0. The number of piperidine rings is 1. The fraction of sp³-hybridized carbons (Fsp3) is 0.900. The largest absolute Gasteiger partial charge is 1.00 e. The second-order valence-corrected chi connectivity index (χ2v) is 5.36. The van der Waals surface area contributed by atoms with Crippen molar-refractivity contribution in [1.29, 1.82) is 0 Å². The molecule has 1 saturated heterocycles. The van der Waals surface area contributed by atoms with E-state index in [0.29, 0.717) is 12.8 Å². The predicted molar refractivity (Wildman–Crippen MR) is 66.5 cm³/mol. The Labute approximate surface area is 150 Å². The van der Waals surface area contributed by atoms with Crippen LogP contribution < -0.4 is 0 Å². The third kappa shape index (κ3) is 5.81. The normalized spacial score (nSPS) is 21.2. The average Bonchev–Trinajstić information content (AvgIpc) is 2.13. The molecule has 1 aliphatic rings. The average molecular weight is 292 g/mol. The summed E-state index contributed by atoms with van der Waals surface area (Å²) in [5.41, 5.74) is -0.766. The molecule has 0 aromatic rings. The molecular formula is C10H19BF3KNO2. The number of carbonyl (C=O) groups excluding carboxylic acids is 1. The van der Waals surface area contributed by atoms with Crippen molar-refractivity contribution in [2.75, 3.05) is 6.54 Å². The van der Waals surface area contributed by atoms with Gasteiger partial charge in [-0.15, -0.1) is 0 Å². The quantitative estimate of drug-likeness (QED) is 0.695. The first-order valence-electron chi connectivity index (χ1n) is 5.81. The molecule has 0 N–H and O–H groups in total. The van der Waals surface area contributed by atoms with Gasteiger partial charge in [-0.3, -0.25) is 0 Å². The van der Waals surface area contributed by atoms with E-state index in [9.17, 15) is 17.7 Å². The molecule has 3 nitrogen and oxygen atoms in total. The summed E-state index contributed by atoms with van der Waals surface area (Å²) in [4.78, 5) is 12.5. The van der Waals surface area contributed by atoms with Crippen molar-refractivity contribution in [2.45, 2.75) is 51.6 Å². The first kappa shape index (κ1) is 18.8. The van der Waals surface area contributed by atoms with Crippen LogP contribution in [0.1, 0.15) is 41.5 Å². The topological polar surface area (TPSA) is 29.5 Å². The van der Waals surface area contributed by atoms with Gasteiger partial charge in [0.25, 0.3) is 0 Å². The molecule has 101 valence electrons. The standard InChI is InChI=1S/C10H18BF3NO2.K/c1-10(2,3)17-9(16)15-7-5-4-6-8(15)11(12,13)14;/h8H,4-7H2,1-3H3;/q-1;/p+1. The van der Waals surface area contributed by atoms with Gasteiger partial charge < -0.3 is 22.6 Å². The summed E-state index contributed by atoms with van der Waals surface area (Å²) in [6.45, 7) is 0.0179. The molecule has 1 fully saturated rings. The molecule has 1 heterocycles. The van der Waals surface area contributed by atoms with E-state index in [1.54, 1.807) is 20.8 Å². The van der Waals surface area contributed by atoms with Gasteiger partial charge in [0.1, 0.15) is 5.60 Å². The summed E-state index contributed by atoms with van der Waals surface area (Å²) in [5, 5.41) is 0. The Hall–Kier alpha value is 0.761. The molecule has 8 heteroatoms. The van der Waals surface area contributed by atoms with Crippen molar-refractivity contribution in [2.24, 2.45) is 0 Å². The molecule has 0 saturated carbocycles. The van der Waals surface area contributed by atoms with Gasteiger partial charge in [0.15, 0.2) is 0 Å². The minimum absolute atomic E-state index is 0. The number of rotatable bonds is 1. The number of nitrogens with zero attached hydrogens (tertiary/aromatic N) is 1. The number of hydrogen-bond donors (Lipinski definition) is 0. The fourth-order valence-electron chi connectivity index (χ4n) is 1.90. The zero-order valence-corrected chi connectivity index (χ0v) is 14.5. The second-order valence-electron chi connectivity index (χ2n) is 5.36. The Bertz CT molecular complexity index is 299. The third-order valence-electron chi connectivity index (χ3n) is 2.61. The van der Waals surface area contributed by atoms with E-state index in [1.165, 1.54) is 0 Å². The smallest absolute Gasteiger partial charge is 0.448 e. The zero-order valence-electron chi connectivity index (χ0n) is 12.4. The number of amides is 1. The maximum Gasteiger partial charge on any atom is 1.00 e. The molecule has 1 atom stereocenters. The van der Waals surface area contributed by atoms with Gasteiger partial charge in [0, 0.05) is 63.9 Å². The van der Waals surface area contributed by atoms with E-state index >= 15 is 0 Å². The zero-order chi connectivity index (χ0) is 13.3. The van der Waals surface area contributed by atoms with Gasteiger partial charge in [0.05, 0.1) is 0 Å². The van der Waals surface area contributed by atoms with Crippen LogP contribution >= 0.6 is 0 Å². The van der Waals surface area contributed by atoms with Crippen molar-refractivity contribution < 1.29 is 23.9 Å². The summed E-state index contributed by atoms with van der Waals surface area (Å²) in [6.07, 6.45) is 0.233. The summed E-state index contributed by atoms with van der Waals surface area (Å²) < 4.78 is 43.4. The minimum atomic E-state index is -5.03. The van der Waals surface area contributed by atoms with E-state index in [4.69, 9.17) is 4.74 Å². The first-order valence-corrected chi connectivity index (χ1v) is 5.81. The van der Waals surface area contributed by atoms with Crippen molar-refractivity contribution in [3.63, 3.8) is 0 Å². The second kappa shape index (κ2) is 6.97. The summed E-state index contributed by atoms with van der Waals surface area (Å²) in [5.74, 6) is -1.64. The van der Waals surface area contributed by atoms with Crippen molar-refractivity contribution in [1.82, 2.24) is 4.90 Å². The molecule has 0 spiro atoms. The maximum absolute atomic E-state index is 12.8. The Morgan fingerprint density at radius 2 is 1.89 bits per heavy atom. The van der Waals surface area contributed by atoms with Crippen LogP contribution in [0.25, 0.3) is 0 Å². The number of carbonyl (C=O) groups is 1. The third-order valence-corrected chi connectivity index (χ3v) is 2.61. The van der Waals surface area contributed by atoms with Crippen molar-refractivity contribution in [3.05, 3.63) is 0 Å². The Kier molecular flexibility index (Phi) is 7.26. The molecule has 1 rings (SSSR count). The molecule has 0 aliphatic carbocycles. The molecule has 0 bridgehead atoms. The van der Waals surface area contributed by atoms with Gasteiger partial charge in [0.2, 0.25) is 0 Å². The molecule has 18 heavy (non-hydrogen) atoms. The van der Waals surface area contributed by atoms with Crippen LogP contribution in [0.3, 0.4) is 0 Å². The SMILES string of the molecule is CC(C)(C)OC(=O)N1CCCCC1[B-](F)(F)F.[H+].[K]. The number of hydrogen-bond acceptors (Lipinski definition) is 2. The van der Waals surface area contributed by atoms with Crippen LogP contribution in [-0.2, 0) is 4.74 Å². The van der Waals surface area contributed by atoms with Gasteiger partial charge in [-0.2, -0.15) is 0 Å². The van der Waals surface area contributed by atoms with Gasteiger partial charge in [-0.1, -0.05) is 12.8 Å². The Morgan fingerprint density at radius 3 is 2.33 bits per heavy atom. The Balaban J connectivity index is 0. The van der Waals surface area contributed by atoms with Crippen LogP contribution in [0, 0.1) is 0 Å². The van der Waals surface area contributed by atoms with Crippen molar-refractivity contribution in [3.8, 4) is 0 Å². The van der Waals surface area contributed by atoms with E-state index in [2.05, 4.69) is 0 Å². The van der Waals surface area contributed by atoms with Crippen LogP contribution in [0.2, 0.25) is 0 Å². The maximum atomic E-state index is 12.8. The molecule has 1 amide bonds. The molecule has 1 unspecified atom stereocenters. The van der Waals surface area contributed by atoms with Crippen molar-refractivity contribution >= 4 is 64.5 Å². The predicted octanol–water partition coefficient (Wildman–Crippen LogP) is 2.89. The van der Waals surface area contributed by atoms with Crippen LogP contribution in [0.5, 0.6) is 0 Å². The fourth-order valence-corrected chi connectivity index (χ4v) is 1.90. The van der Waals surface area contributed by atoms with Gasteiger partial charge >= 0.3 is 14.5 Å². The Morgan fingerprint density at radius 1 is 1.33 bits per heavy atom. The molecule has 1 aliphatic heterocycles. The van der Waals surface area contributed by atoms with Crippen LogP contribution in [0.4, 0.5) is 17.7 Å². The first-order chi connectivity index (χ1) is 7.61. The molecule has 0 aromatic heterocycles. The van der Waals surface area contributed by atoms with Crippen LogP contribution in [0.15, 0.2) is 0 Å². The molecule has 0 aromatic carbocycles. The minimum Gasteiger partial charge on any atom is -0.448 e. The van der Waals surface area contributed by atoms with Gasteiger partial charge in [-0.05, 0) is 27.2 Å². The number of likely N-dealkylation sites (tertiary alicyclic amines) is 1. The van der Waals surface area contributed by atoms with Gasteiger partial charge in [-0.25, -0.2) is 4.79 Å². The van der Waals surface area contributed by atoms with E-state index < -0.39 is 24.6 Å². The summed E-state index contributed by atoms with van der Waals surface area (Å²) in [6, 6.07) is 0. The molecular weight excluding hydrogens is 273 g/mol. The van der Waals surface area contributed by atoms with E-state index in [-0.39, 0.29) is 65.8 Å². The number of halogens is 3. The van der Waals surface area contributed by atoms with Crippen LogP contribution in [-0.4, -0.2) is 87.4 Å². The summed E-state index contributed by atoms with van der Waals surface area (Å²) >= 11 is 0.